The number of anilines is 3. The molecule has 2 aromatic carbocycles. The third-order valence-corrected chi connectivity index (χ3v) is 9.90. The zero-order chi connectivity index (χ0) is 36.3. The van der Waals surface area contributed by atoms with Crippen molar-refractivity contribution in [2.24, 2.45) is 0 Å². The molecule has 1 aliphatic heterocycles. The number of aliphatic hydroxyl groups is 3. The molecule has 2 fully saturated rings. The predicted octanol–water partition coefficient (Wildman–Crippen LogP) is 2.25. The van der Waals surface area contributed by atoms with Crippen LogP contribution in [0.2, 0.25) is 0 Å². The number of carbonyl (C=O) groups excluding carboxylic acids is 1. The molecule has 5 heterocycles. The molecule has 0 spiro atoms. The fraction of sp³-hybridized carbons (Fsp3) is 0.333. The number of nitrogens with one attached hydrogen (secondary N) is 3. The van der Waals surface area contributed by atoms with E-state index < -0.39 is 30.9 Å². The summed E-state index contributed by atoms with van der Waals surface area (Å²) in [6.07, 6.45) is 3.34. The molecule has 0 bridgehead atoms. The van der Waals surface area contributed by atoms with Crippen molar-refractivity contribution in [3.63, 3.8) is 0 Å². The van der Waals surface area contributed by atoms with Gasteiger partial charge in [0.2, 0.25) is 5.95 Å². The van der Waals surface area contributed by atoms with Gasteiger partial charge in [0.1, 0.15) is 24.9 Å². The van der Waals surface area contributed by atoms with E-state index in [9.17, 15) is 20.1 Å². The summed E-state index contributed by atoms with van der Waals surface area (Å²) in [7, 11) is 0. The lowest BCUT2D eigenvalue weighted by Crippen LogP contribution is -2.40. The summed E-state index contributed by atoms with van der Waals surface area (Å²) in [5, 5.41) is 53.3. The van der Waals surface area contributed by atoms with E-state index in [2.05, 4.69) is 60.6 Å². The number of nitrogens with zero attached hydrogens (tertiary/aromatic N) is 10. The van der Waals surface area contributed by atoms with E-state index in [1.807, 2.05) is 41.3 Å². The fourth-order valence-electron chi connectivity index (χ4n) is 7.21. The van der Waals surface area contributed by atoms with Crippen LogP contribution in [0, 0.1) is 0 Å². The van der Waals surface area contributed by atoms with E-state index in [0.29, 0.717) is 54.7 Å². The highest BCUT2D eigenvalue weighted by atomic mass is 16.3. The Bertz CT molecular complexity index is 2110. The standard InChI is InChI=1S/C36H39N13O4/c50-20-29-44-46-49(45-29)28-16-27(31(51)32(28)52)48-21-39-30-33(38-18-26(22-8-3-1-4-9-22)23-10-5-2-6-11-23)42-35(43-34(30)48)47-15-13-25(19-47)41-36(53)40-24-12-7-14-37-17-24/h1-12,14,17,21,25-28,31-32,50-52H,13,15-16,18-20H2,(H,38,42,43)(H2,40,41,53)/t25?,27-,28+,31+,32-/m1/s1. The molecule has 8 rings (SSSR count). The second-order valence-corrected chi connectivity index (χ2v) is 13.3. The molecule has 17 heteroatoms. The van der Waals surface area contributed by atoms with Crippen LogP contribution in [0.15, 0.2) is 91.5 Å². The third-order valence-electron chi connectivity index (χ3n) is 9.90. The minimum Gasteiger partial charge on any atom is -0.388 e. The lowest BCUT2D eigenvalue weighted by molar-refractivity contribution is 0.00469. The number of aromatic nitrogens is 9. The van der Waals surface area contributed by atoms with Crippen LogP contribution in [0.3, 0.4) is 0 Å². The summed E-state index contributed by atoms with van der Waals surface area (Å²) in [6.45, 7) is 1.16. The molecule has 17 nitrogen and oxygen atoms in total. The van der Waals surface area contributed by atoms with E-state index in [1.54, 1.807) is 35.4 Å². The second kappa shape index (κ2) is 14.9. The Morgan fingerprint density at radius 2 is 1.70 bits per heavy atom. The predicted molar refractivity (Wildman–Crippen MR) is 194 cm³/mol. The zero-order valence-corrected chi connectivity index (χ0v) is 28.6. The van der Waals surface area contributed by atoms with Crippen molar-refractivity contribution in [2.75, 3.05) is 35.2 Å². The van der Waals surface area contributed by atoms with E-state index in [4.69, 9.17) is 15.0 Å². The summed E-state index contributed by atoms with van der Waals surface area (Å²) in [4.78, 5) is 34.8. The number of hydrogen-bond donors (Lipinski definition) is 6. The summed E-state index contributed by atoms with van der Waals surface area (Å²) in [5.74, 6) is 1.07. The lowest BCUT2D eigenvalue weighted by Gasteiger charge is -2.22. The van der Waals surface area contributed by atoms with Gasteiger partial charge in [0, 0.05) is 37.8 Å². The average molecular weight is 718 g/mol. The first-order valence-electron chi connectivity index (χ1n) is 17.5. The van der Waals surface area contributed by atoms with Gasteiger partial charge in [0.25, 0.3) is 0 Å². The molecule has 2 aliphatic rings. The molecule has 1 unspecified atom stereocenters. The van der Waals surface area contributed by atoms with Gasteiger partial charge in [0.05, 0.1) is 24.3 Å². The summed E-state index contributed by atoms with van der Waals surface area (Å²) < 4.78 is 1.77. The summed E-state index contributed by atoms with van der Waals surface area (Å²) >= 11 is 0. The van der Waals surface area contributed by atoms with Gasteiger partial charge in [-0.15, -0.1) is 10.2 Å². The van der Waals surface area contributed by atoms with Crippen LogP contribution in [0.25, 0.3) is 11.2 Å². The number of fused-ring (bicyclic) bond motifs is 1. The van der Waals surface area contributed by atoms with Crippen molar-refractivity contribution in [2.45, 2.75) is 55.7 Å². The summed E-state index contributed by atoms with van der Waals surface area (Å²) in [5.41, 5.74) is 3.85. The second-order valence-electron chi connectivity index (χ2n) is 13.3. The van der Waals surface area contributed by atoms with E-state index in [1.165, 1.54) is 4.80 Å². The molecule has 5 atom stereocenters. The number of tetrazole rings is 1. The Morgan fingerprint density at radius 3 is 2.40 bits per heavy atom. The van der Waals surface area contributed by atoms with Crippen molar-refractivity contribution in [1.82, 2.24) is 50.0 Å². The van der Waals surface area contributed by atoms with Gasteiger partial charge in [-0.2, -0.15) is 14.8 Å². The quantitative estimate of drug-likeness (QED) is 0.114. The maximum absolute atomic E-state index is 12.8. The van der Waals surface area contributed by atoms with Gasteiger partial charge in [-0.3, -0.25) is 4.98 Å². The van der Waals surface area contributed by atoms with Gasteiger partial charge in [-0.05, 0) is 41.3 Å². The third kappa shape index (κ3) is 7.09. The molecule has 1 aliphatic carbocycles. The van der Waals surface area contributed by atoms with Crippen LogP contribution in [0.5, 0.6) is 0 Å². The maximum Gasteiger partial charge on any atom is 0.319 e. The first-order chi connectivity index (χ1) is 25.9. The molecule has 272 valence electrons. The number of imidazole rings is 1. The van der Waals surface area contributed by atoms with Crippen molar-refractivity contribution in [3.8, 4) is 0 Å². The van der Waals surface area contributed by atoms with Gasteiger partial charge in [-0.25, -0.2) is 9.78 Å². The molecule has 0 radical (unpaired) electrons. The van der Waals surface area contributed by atoms with E-state index in [0.717, 1.165) is 11.1 Å². The Balaban J connectivity index is 1.10. The molecule has 2 amide bonds. The van der Waals surface area contributed by atoms with Gasteiger partial charge in [-0.1, -0.05) is 60.7 Å². The topological polar surface area (TPSA) is 217 Å². The molecular weight excluding hydrogens is 678 g/mol. The molecule has 1 saturated heterocycles. The number of rotatable bonds is 11. The average Bonchev–Trinajstić information content (AvgIpc) is 4.00. The minimum atomic E-state index is -1.21. The normalized spacial score (nSPS) is 21.4. The monoisotopic (exact) mass is 717 g/mol. The van der Waals surface area contributed by atoms with Gasteiger partial charge >= 0.3 is 6.03 Å². The molecule has 6 N–H and O–H groups in total. The van der Waals surface area contributed by atoms with Crippen LogP contribution in [0.4, 0.5) is 22.2 Å². The van der Waals surface area contributed by atoms with Crippen molar-refractivity contribution >= 4 is 34.6 Å². The Hall–Kier alpha value is -6.04. The number of amides is 2. The number of hydrogen-bond acceptors (Lipinski definition) is 13. The largest absolute Gasteiger partial charge is 0.388 e. The highest BCUT2D eigenvalue weighted by molar-refractivity contribution is 5.89. The molecular formula is C36H39N13O4. The van der Waals surface area contributed by atoms with Crippen LogP contribution in [-0.2, 0) is 6.61 Å². The fourth-order valence-corrected chi connectivity index (χ4v) is 7.21. The van der Waals surface area contributed by atoms with Crippen LogP contribution in [-0.4, -0.2) is 104 Å². The number of urea groups is 1. The molecule has 53 heavy (non-hydrogen) atoms. The van der Waals surface area contributed by atoms with Crippen LogP contribution < -0.4 is 20.9 Å². The Kier molecular flexibility index (Phi) is 9.58. The zero-order valence-electron chi connectivity index (χ0n) is 28.6. The van der Waals surface area contributed by atoms with Crippen LogP contribution in [0.1, 0.15) is 47.8 Å². The van der Waals surface area contributed by atoms with Crippen molar-refractivity contribution in [1.29, 1.82) is 0 Å². The Morgan fingerprint density at radius 1 is 0.943 bits per heavy atom. The number of carbonyl (C=O) groups is 1. The molecule has 6 aromatic rings. The smallest absolute Gasteiger partial charge is 0.319 e. The first kappa shape index (κ1) is 34.1. The Labute approximate surface area is 303 Å². The van der Waals surface area contributed by atoms with Crippen molar-refractivity contribution < 1.29 is 20.1 Å². The van der Waals surface area contributed by atoms with Crippen LogP contribution >= 0.6 is 0 Å². The number of aliphatic hydroxyl groups excluding tert-OH is 3. The number of benzene rings is 2. The SMILES string of the molecule is O=C(Nc1cccnc1)NC1CCN(c2nc(NCC(c3ccccc3)c3ccccc3)c3ncn([C@@H]4C[C@H](n5nnc(CO)n5)[C@@H](O)[C@H]4O)c3n2)C1. The minimum absolute atomic E-state index is 0.00167. The maximum atomic E-state index is 12.8. The molecule has 4 aromatic heterocycles. The van der Waals surface area contributed by atoms with Gasteiger partial charge < -0.3 is 40.7 Å². The number of pyridine rings is 1. The lowest BCUT2D eigenvalue weighted by atomic mass is 9.91. The molecule has 1 saturated carbocycles. The van der Waals surface area contributed by atoms with Crippen molar-refractivity contribution in [3.05, 3.63) is 108 Å². The van der Waals surface area contributed by atoms with Gasteiger partial charge in [0.15, 0.2) is 22.8 Å². The highest BCUT2D eigenvalue weighted by Gasteiger charge is 2.45. The highest BCUT2D eigenvalue weighted by Crippen LogP contribution is 2.40. The summed E-state index contributed by atoms with van der Waals surface area (Å²) in [6, 6.07) is 22.2. The van der Waals surface area contributed by atoms with E-state index >= 15 is 0 Å². The first-order valence-corrected chi connectivity index (χ1v) is 17.5. The van der Waals surface area contributed by atoms with E-state index in [-0.39, 0.29) is 30.2 Å².